The first-order chi connectivity index (χ1) is 9.54. The van der Waals surface area contributed by atoms with Crippen molar-refractivity contribution in [1.82, 2.24) is 5.32 Å². The smallest absolute Gasteiger partial charge is 0.0717 e. The van der Waals surface area contributed by atoms with Crippen LogP contribution in [0.2, 0.25) is 0 Å². The number of aliphatic hydroxyl groups is 1. The molecular weight excluding hydrogens is 246 g/mol. The Morgan fingerprint density at radius 3 is 2.30 bits per heavy atom. The van der Waals surface area contributed by atoms with Crippen LogP contribution in [0.15, 0.2) is 24.3 Å². The first-order valence-electron chi connectivity index (χ1n) is 8.11. The van der Waals surface area contributed by atoms with Gasteiger partial charge in [0.25, 0.3) is 0 Å². The summed E-state index contributed by atoms with van der Waals surface area (Å²) in [7, 11) is 0. The third-order valence-corrected chi connectivity index (χ3v) is 5.01. The molecule has 2 heteroatoms. The van der Waals surface area contributed by atoms with Crippen molar-refractivity contribution in [2.24, 2.45) is 0 Å². The van der Waals surface area contributed by atoms with E-state index in [1.807, 2.05) is 0 Å². The number of rotatable bonds is 3. The second-order valence-corrected chi connectivity index (χ2v) is 7.20. The molecule has 2 nitrogen and oxygen atoms in total. The Morgan fingerprint density at radius 1 is 1.15 bits per heavy atom. The van der Waals surface area contributed by atoms with Crippen LogP contribution in [0, 0.1) is 0 Å². The fourth-order valence-electron chi connectivity index (χ4n) is 3.98. The van der Waals surface area contributed by atoms with E-state index >= 15 is 0 Å². The highest BCUT2D eigenvalue weighted by atomic mass is 16.3. The van der Waals surface area contributed by atoms with Gasteiger partial charge in [-0.2, -0.15) is 0 Å². The Labute approximate surface area is 122 Å². The summed E-state index contributed by atoms with van der Waals surface area (Å²) in [6.07, 6.45) is 6.41. The summed E-state index contributed by atoms with van der Waals surface area (Å²) in [6, 6.07) is 9.89. The van der Waals surface area contributed by atoms with Gasteiger partial charge in [-0.15, -0.1) is 0 Å². The maximum Gasteiger partial charge on any atom is 0.0717 e. The lowest BCUT2D eigenvalue weighted by Gasteiger charge is -2.45. The van der Waals surface area contributed by atoms with Crippen molar-refractivity contribution in [3.63, 3.8) is 0 Å². The second-order valence-electron chi connectivity index (χ2n) is 7.20. The molecule has 110 valence electrons. The standard InChI is InChI=1S/C18H27NO/c1-13(2)15-8-6-14(7-9-15)10-18(20)11-16-4-3-5-17(12-18)19-16/h6-9,13,16-17,19-20H,3-5,10-12H2,1-2H3. The number of nitrogens with one attached hydrogen (secondary N) is 1. The molecule has 2 aliphatic rings. The monoisotopic (exact) mass is 273 g/mol. The molecule has 2 atom stereocenters. The Kier molecular flexibility index (Phi) is 3.87. The van der Waals surface area contributed by atoms with Gasteiger partial charge in [-0.3, -0.25) is 0 Å². The van der Waals surface area contributed by atoms with E-state index in [1.54, 1.807) is 0 Å². The largest absolute Gasteiger partial charge is 0.389 e. The van der Waals surface area contributed by atoms with Crippen LogP contribution in [0.25, 0.3) is 0 Å². The van der Waals surface area contributed by atoms with E-state index in [0.717, 1.165) is 19.3 Å². The van der Waals surface area contributed by atoms with Crippen molar-refractivity contribution in [3.8, 4) is 0 Å². The number of hydrogen-bond donors (Lipinski definition) is 2. The minimum absolute atomic E-state index is 0.500. The number of piperidine rings is 2. The second kappa shape index (κ2) is 5.50. The predicted octanol–water partition coefficient (Wildman–Crippen LogP) is 3.39. The van der Waals surface area contributed by atoms with E-state index in [4.69, 9.17) is 0 Å². The minimum atomic E-state index is -0.500. The summed E-state index contributed by atoms with van der Waals surface area (Å²) >= 11 is 0. The molecule has 2 bridgehead atoms. The van der Waals surface area contributed by atoms with Crippen LogP contribution in [0.3, 0.4) is 0 Å². The summed E-state index contributed by atoms with van der Waals surface area (Å²) in [5, 5.41) is 14.6. The Hall–Kier alpha value is -0.860. The van der Waals surface area contributed by atoms with E-state index in [9.17, 15) is 5.11 Å². The molecule has 2 unspecified atom stereocenters. The molecule has 2 fully saturated rings. The van der Waals surface area contributed by atoms with Crippen molar-refractivity contribution in [3.05, 3.63) is 35.4 Å². The first kappa shape index (κ1) is 14.1. The van der Waals surface area contributed by atoms with Gasteiger partial charge in [0.15, 0.2) is 0 Å². The van der Waals surface area contributed by atoms with Gasteiger partial charge >= 0.3 is 0 Å². The maximum absolute atomic E-state index is 11.0. The van der Waals surface area contributed by atoms with Gasteiger partial charge in [0.1, 0.15) is 0 Å². The highest BCUT2D eigenvalue weighted by molar-refractivity contribution is 5.26. The topological polar surface area (TPSA) is 32.3 Å². The fourth-order valence-corrected chi connectivity index (χ4v) is 3.98. The van der Waals surface area contributed by atoms with Crippen molar-refractivity contribution < 1.29 is 5.11 Å². The minimum Gasteiger partial charge on any atom is -0.389 e. The maximum atomic E-state index is 11.0. The highest BCUT2D eigenvalue weighted by Gasteiger charge is 2.40. The zero-order valence-corrected chi connectivity index (χ0v) is 12.7. The number of benzene rings is 1. The average molecular weight is 273 g/mol. The Bertz CT molecular complexity index is 439. The Morgan fingerprint density at radius 2 is 1.75 bits per heavy atom. The van der Waals surface area contributed by atoms with E-state index in [0.29, 0.717) is 18.0 Å². The molecule has 1 aromatic rings. The molecular formula is C18H27NO. The van der Waals surface area contributed by atoms with Crippen LogP contribution < -0.4 is 5.32 Å². The SMILES string of the molecule is CC(C)c1ccc(CC2(O)CC3CCCC(C2)N3)cc1. The van der Waals surface area contributed by atoms with Gasteiger partial charge in [-0.1, -0.05) is 44.5 Å². The molecule has 0 radical (unpaired) electrons. The van der Waals surface area contributed by atoms with Crippen LogP contribution in [0.5, 0.6) is 0 Å². The molecule has 2 aliphatic heterocycles. The van der Waals surface area contributed by atoms with Crippen LogP contribution in [0.4, 0.5) is 0 Å². The van der Waals surface area contributed by atoms with Gasteiger partial charge in [0.2, 0.25) is 0 Å². The number of fused-ring (bicyclic) bond motifs is 2. The molecule has 0 saturated carbocycles. The lowest BCUT2D eigenvalue weighted by atomic mass is 9.74. The van der Waals surface area contributed by atoms with Crippen LogP contribution in [-0.4, -0.2) is 22.8 Å². The molecule has 3 rings (SSSR count). The molecule has 0 spiro atoms. The molecule has 0 aliphatic carbocycles. The highest BCUT2D eigenvalue weighted by Crippen LogP contribution is 2.35. The van der Waals surface area contributed by atoms with Crippen LogP contribution in [-0.2, 0) is 6.42 Å². The average Bonchev–Trinajstić information content (AvgIpc) is 2.38. The zero-order chi connectivity index (χ0) is 14.2. The third kappa shape index (κ3) is 3.07. The fraction of sp³-hybridized carbons (Fsp3) is 0.667. The van der Waals surface area contributed by atoms with Crippen molar-refractivity contribution in [1.29, 1.82) is 0 Å². The first-order valence-corrected chi connectivity index (χ1v) is 8.11. The van der Waals surface area contributed by atoms with E-state index in [-0.39, 0.29) is 0 Å². The molecule has 0 aromatic heterocycles. The van der Waals surface area contributed by atoms with Crippen molar-refractivity contribution in [2.45, 2.75) is 76.0 Å². The summed E-state index contributed by atoms with van der Waals surface area (Å²) < 4.78 is 0. The molecule has 1 aromatic carbocycles. The van der Waals surface area contributed by atoms with Gasteiger partial charge in [-0.25, -0.2) is 0 Å². The summed E-state index contributed by atoms with van der Waals surface area (Å²) in [5.41, 5.74) is 2.15. The van der Waals surface area contributed by atoms with E-state index < -0.39 is 5.60 Å². The predicted molar refractivity (Wildman–Crippen MR) is 83.0 cm³/mol. The van der Waals surface area contributed by atoms with E-state index in [2.05, 4.69) is 43.4 Å². The van der Waals surface area contributed by atoms with Crippen LogP contribution >= 0.6 is 0 Å². The molecule has 2 saturated heterocycles. The number of hydrogen-bond acceptors (Lipinski definition) is 2. The van der Waals surface area contributed by atoms with Gasteiger partial charge in [-0.05, 0) is 42.7 Å². The summed E-state index contributed by atoms with van der Waals surface area (Å²) in [5.74, 6) is 0.574. The molecule has 0 amide bonds. The van der Waals surface area contributed by atoms with Gasteiger partial charge in [0.05, 0.1) is 5.60 Å². The molecule has 2 heterocycles. The van der Waals surface area contributed by atoms with Gasteiger partial charge < -0.3 is 10.4 Å². The zero-order valence-electron chi connectivity index (χ0n) is 12.7. The van der Waals surface area contributed by atoms with Gasteiger partial charge in [0, 0.05) is 18.5 Å². The van der Waals surface area contributed by atoms with Crippen LogP contribution in [0.1, 0.15) is 63.0 Å². The molecule has 20 heavy (non-hydrogen) atoms. The lowest BCUT2D eigenvalue weighted by Crippen LogP contribution is -2.56. The Balaban J connectivity index is 1.69. The summed E-state index contributed by atoms with van der Waals surface area (Å²) in [6.45, 7) is 4.44. The summed E-state index contributed by atoms with van der Waals surface area (Å²) in [4.78, 5) is 0. The quantitative estimate of drug-likeness (QED) is 0.885. The lowest BCUT2D eigenvalue weighted by molar-refractivity contribution is -0.0302. The normalized spacial score (nSPS) is 33.4. The molecule has 2 N–H and O–H groups in total. The van der Waals surface area contributed by atoms with E-state index in [1.165, 1.54) is 30.4 Å². The third-order valence-electron chi connectivity index (χ3n) is 5.01. The van der Waals surface area contributed by atoms with Crippen molar-refractivity contribution in [2.75, 3.05) is 0 Å². The van der Waals surface area contributed by atoms with Crippen molar-refractivity contribution >= 4 is 0 Å².